The van der Waals surface area contributed by atoms with Crippen LogP contribution in [0.15, 0.2) is 24.3 Å². The van der Waals surface area contributed by atoms with Gasteiger partial charge in [0.05, 0.1) is 0 Å². The second-order valence-electron chi connectivity index (χ2n) is 2.33. The molecule has 0 aliphatic heterocycles. The Balaban J connectivity index is 2.65. The van der Waals surface area contributed by atoms with E-state index in [1.165, 1.54) is 0 Å². The summed E-state index contributed by atoms with van der Waals surface area (Å²) in [6.07, 6.45) is 0.717. The Morgan fingerprint density at radius 3 is 3.00 bits per heavy atom. The number of hydrogen-bond acceptors (Lipinski definition) is 3. The number of ether oxygens (including phenoxy) is 1. The van der Waals surface area contributed by atoms with Gasteiger partial charge in [0.25, 0.3) is 0 Å². The molecule has 0 aromatic heterocycles. The fourth-order valence-electron chi connectivity index (χ4n) is 0.892. The lowest BCUT2D eigenvalue weighted by atomic mass is 10.2. The summed E-state index contributed by atoms with van der Waals surface area (Å²) in [6, 6.07) is 7.38. The molecule has 0 saturated carbocycles. The van der Waals surface area contributed by atoms with Gasteiger partial charge in [0.15, 0.2) is 6.29 Å². The van der Waals surface area contributed by atoms with E-state index in [1.54, 1.807) is 6.07 Å². The van der Waals surface area contributed by atoms with Crippen LogP contribution < -0.4 is 10.5 Å². The molecule has 0 spiro atoms. The fourth-order valence-corrected chi connectivity index (χ4v) is 0.892. The van der Waals surface area contributed by atoms with E-state index in [2.05, 4.69) is 0 Å². The SMILES string of the molecule is NCc1cccc(OCC=O)c1. The van der Waals surface area contributed by atoms with Gasteiger partial charge in [-0.25, -0.2) is 0 Å². The van der Waals surface area contributed by atoms with Crippen LogP contribution in [-0.4, -0.2) is 12.9 Å². The molecule has 0 aliphatic carbocycles. The third-order valence-corrected chi connectivity index (χ3v) is 1.45. The molecular formula is C9H11NO2. The third kappa shape index (κ3) is 2.36. The maximum Gasteiger partial charge on any atom is 0.157 e. The topological polar surface area (TPSA) is 52.3 Å². The lowest BCUT2D eigenvalue weighted by Crippen LogP contribution is -2.00. The molecule has 3 heteroatoms. The molecule has 0 fully saturated rings. The van der Waals surface area contributed by atoms with Gasteiger partial charge < -0.3 is 10.5 Å². The maximum atomic E-state index is 9.98. The number of carbonyl (C=O) groups is 1. The Hall–Kier alpha value is -1.35. The molecule has 64 valence electrons. The van der Waals surface area contributed by atoms with Crippen LogP contribution in [-0.2, 0) is 11.3 Å². The number of benzene rings is 1. The first-order valence-electron chi connectivity index (χ1n) is 3.72. The van der Waals surface area contributed by atoms with Gasteiger partial charge in [-0.3, -0.25) is 4.79 Å². The second kappa shape index (κ2) is 4.51. The third-order valence-electron chi connectivity index (χ3n) is 1.45. The van der Waals surface area contributed by atoms with Crippen LogP contribution in [0.1, 0.15) is 5.56 Å². The lowest BCUT2D eigenvalue weighted by molar-refractivity contribution is -0.109. The number of hydrogen-bond donors (Lipinski definition) is 1. The van der Waals surface area contributed by atoms with Gasteiger partial charge in [-0.05, 0) is 17.7 Å². The predicted molar refractivity (Wildman–Crippen MR) is 45.9 cm³/mol. The highest BCUT2D eigenvalue weighted by Gasteiger charge is 1.93. The van der Waals surface area contributed by atoms with Crippen molar-refractivity contribution in [1.29, 1.82) is 0 Å². The first-order valence-corrected chi connectivity index (χ1v) is 3.72. The molecule has 3 nitrogen and oxygen atoms in total. The molecule has 0 aliphatic rings. The summed E-state index contributed by atoms with van der Waals surface area (Å²) in [7, 11) is 0. The molecule has 2 N–H and O–H groups in total. The van der Waals surface area contributed by atoms with Crippen LogP contribution in [0, 0.1) is 0 Å². The van der Waals surface area contributed by atoms with Crippen molar-refractivity contribution in [3.05, 3.63) is 29.8 Å². The van der Waals surface area contributed by atoms with E-state index < -0.39 is 0 Å². The Kier molecular flexibility index (Phi) is 3.29. The van der Waals surface area contributed by atoms with E-state index >= 15 is 0 Å². The van der Waals surface area contributed by atoms with Crippen molar-refractivity contribution in [2.24, 2.45) is 5.73 Å². The Morgan fingerprint density at radius 1 is 1.50 bits per heavy atom. The molecule has 1 aromatic rings. The molecule has 0 heterocycles. The van der Waals surface area contributed by atoms with Crippen molar-refractivity contribution in [2.75, 3.05) is 6.61 Å². The van der Waals surface area contributed by atoms with Crippen molar-refractivity contribution >= 4 is 6.29 Å². The highest BCUT2D eigenvalue weighted by atomic mass is 16.5. The summed E-state index contributed by atoms with van der Waals surface area (Å²) in [5.74, 6) is 0.685. The average molecular weight is 165 g/mol. The maximum absolute atomic E-state index is 9.98. The quantitative estimate of drug-likeness (QED) is 0.669. The standard InChI is InChI=1S/C9H11NO2/c10-7-8-2-1-3-9(6-8)12-5-4-11/h1-4,6H,5,7,10H2. The van der Waals surface area contributed by atoms with Crippen LogP contribution in [0.3, 0.4) is 0 Å². The van der Waals surface area contributed by atoms with E-state index in [0.29, 0.717) is 12.3 Å². The van der Waals surface area contributed by atoms with E-state index in [9.17, 15) is 4.79 Å². The zero-order valence-corrected chi connectivity index (χ0v) is 6.69. The molecule has 0 radical (unpaired) electrons. The van der Waals surface area contributed by atoms with Gasteiger partial charge in [0.2, 0.25) is 0 Å². The lowest BCUT2D eigenvalue weighted by Gasteiger charge is -2.02. The summed E-state index contributed by atoms with van der Waals surface area (Å²) in [6.45, 7) is 0.576. The van der Waals surface area contributed by atoms with Gasteiger partial charge in [-0.2, -0.15) is 0 Å². The molecule has 1 aromatic carbocycles. The Morgan fingerprint density at radius 2 is 2.33 bits per heavy atom. The summed E-state index contributed by atoms with van der Waals surface area (Å²) in [5.41, 5.74) is 6.42. The van der Waals surface area contributed by atoms with E-state index in [-0.39, 0.29) is 6.61 Å². The smallest absolute Gasteiger partial charge is 0.157 e. The van der Waals surface area contributed by atoms with Crippen LogP contribution in [0.25, 0.3) is 0 Å². The highest BCUT2D eigenvalue weighted by molar-refractivity contribution is 5.51. The molecule has 0 atom stereocenters. The first-order chi connectivity index (χ1) is 5.86. The molecule has 0 unspecified atom stereocenters. The van der Waals surface area contributed by atoms with Crippen molar-refractivity contribution in [3.8, 4) is 5.75 Å². The molecule has 0 saturated heterocycles. The second-order valence-corrected chi connectivity index (χ2v) is 2.33. The van der Waals surface area contributed by atoms with Crippen LogP contribution in [0.2, 0.25) is 0 Å². The van der Waals surface area contributed by atoms with Gasteiger partial charge >= 0.3 is 0 Å². The number of carbonyl (C=O) groups excluding carboxylic acids is 1. The Bertz CT molecular complexity index is 260. The van der Waals surface area contributed by atoms with Gasteiger partial charge in [-0.1, -0.05) is 12.1 Å². The van der Waals surface area contributed by atoms with Crippen LogP contribution in [0.5, 0.6) is 5.75 Å². The minimum absolute atomic E-state index is 0.0913. The van der Waals surface area contributed by atoms with Crippen LogP contribution in [0.4, 0.5) is 0 Å². The number of nitrogens with two attached hydrogens (primary N) is 1. The fraction of sp³-hybridized carbons (Fsp3) is 0.222. The number of aldehydes is 1. The molecular weight excluding hydrogens is 154 g/mol. The van der Waals surface area contributed by atoms with E-state index in [0.717, 1.165) is 11.8 Å². The highest BCUT2D eigenvalue weighted by Crippen LogP contribution is 2.11. The van der Waals surface area contributed by atoms with Crippen molar-refractivity contribution < 1.29 is 9.53 Å². The summed E-state index contributed by atoms with van der Waals surface area (Å²) in [5, 5.41) is 0. The van der Waals surface area contributed by atoms with Gasteiger partial charge in [0.1, 0.15) is 12.4 Å². The molecule has 0 bridgehead atoms. The summed E-state index contributed by atoms with van der Waals surface area (Å²) >= 11 is 0. The average Bonchev–Trinajstić information content (AvgIpc) is 2.15. The monoisotopic (exact) mass is 165 g/mol. The zero-order chi connectivity index (χ0) is 8.81. The largest absolute Gasteiger partial charge is 0.486 e. The van der Waals surface area contributed by atoms with E-state index in [4.69, 9.17) is 10.5 Å². The van der Waals surface area contributed by atoms with Crippen molar-refractivity contribution in [1.82, 2.24) is 0 Å². The van der Waals surface area contributed by atoms with Crippen LogP contribution >= 0.6 is 0 Å². The normalized spacial score (nSPS) is 9.42. The van der Waals surface area contributed by atoms with E-state index in [1.807, 2.05) is 18.2 Å². The predicted octanol–water partition coefficient (Wildman–Crippen LogP) is 0.723. The van der Waals surface area contributed by atoms with Gasteiger partial charge in [0, 0.05) is 6.54 Å². The summed E-state index contributed by atoms with van der Waals surface area (Å²) in [4.78, 5) is 9.98. The Labute approximate surface area is 71.1 Å². The van der Waals surface area contributed by atoms with Crippen molar-refractivity contribution in [2.45, 2.75) is 6.54 Å². The minimum Gasteiger partial charge on any atom is -0.486 e. The van der Waals surface area contributed by atoms with Gasteiger partial charge in [-0.15, -0.1) is 0 Å². The first kappa shape index (κ1) is 8.74. The van der Waals surface area contributed by atoms with Crippen molar-refractivity contribution in [3.63, 3.8) is 0 Å². The molecule has 1 rings (SSSR count). The number of rotatable bonds is 4. The minimum atomic E-state index is 0.0913. The summed E-state index contributed by atoms with van der Waals surface area (Å²) < 4.78 is 5.07. The zero-order valence-electron chi connectivity index (χ0n) is 6.69. The molecule has 0 amide bonds. The molecule has 12 heavy (non-hydrogen) atoms.